The summed E-state index contributed by atoms with van der Waals surface area (Å²) in [7, 11) is 0. The standard InChI is InChI=1S/C13H28N2/c1-12(2)14-9-5-4-6-10-15-11-7-8-13(15)3/h12-14H,4-11H2,1-3H3. The van der Waals surface area contributed by atoms with Gasteiger partial charge in [-0.2, -0.15) is 0 Å². The van der Waals surface area contributed by atoms with E-state index in [-0.39, 0.29) is 0 Å². The van der Waals surface area contributed by atoms with Gasteiger partial charge >= 0.3 is 0 Å². The summed E-state index contributed by atoms with van der Waals surface area (Å²) in [5.74, 6) is 0. The largest absolute Gasteiger partial charge is 0.315 e. The van der Waals surface area contributed by atoms with Crippen molar-refractivity contribution in [1.82, 2.24) is 10.2 Å². The van der Waals surface area contributed by atoms with Gasteiger partial charge < -0.3 is 10.2 Å². The molecule has 2 heteroatoms. The Morgan fingerprint density at radius 2 is 2.07 bits per heavy atom. The molecule has 1 saturated heterocycles. The Kier molecular flexibility index (Phi) is 6.26. The molecule has 2 nitrogen and oxygen atoms in total. The van der Waals surface area contributed by atoms with Crippen molar-refractivity contribution in [2.24, 2.45) is 0 Å². The number of rotatable bonds is 7. The molecule has 1 atom stereocenters. The van der Waals surface area contributed by atoms with Gasteiger partial charge in [0.15, 0.2) is 0 Å². The zero-order chi connectivity index (χ0) is 11.1. The van der Waals surface area contributed by atoms with E-state index in [1.807, 2.05) is 0 Å². The van der Waals surface area contributed by atoms with E-state index in [2.05, 4.69) is 31.0 Å². The SMILES string of the molecule is CC(C)NCCCCCN1CCCC1C. The van der Waals surface area contributed by atoms with Crippen LogP contribution >= 0.6 is 0 Å². The first-order chi connectivity index (χ1) is 7.20. The van der Waals surface area contributed by atoms with E-state index in [1.54, 1.807) is 0 Å². The summed E-state index contributed by atoms with van der Waals surface area (Å²) in [5, 5.41) is 3.47. The van der Waals surface area contributed by atoms with E-state index < -0.39 is 0 Å². The molecule has 0 bridgehead atoms. The Balaban J connectivity index is 1.88. The lowest BCUT2D eigenvalue weighted by Gasteiger charge is -2.20. The van der Waals surface area contributed by atoms with Crippen LogP contribution in [0, 0.1) is 0 Å². The molecule has 0 aromatic rings. The smallest absolute Gasteiger partial charge is 0.00674 e. The predicted molar refractivity (Wildman–Crippen MR) is 67.3 cm³/mol. The van der Waals surface area contributed by atoms with Crippen molar-refractivity contribution in [2.75, 3.05) is 19.6 Å². The van der Waals surface area contributed by atoms with Crippen LogP contribution in [0.5, 0.6) is 0 Å². The lowest BCUT2D eigenvalue weighted by Crippen LogP contribution is -2.28. The highest BCUT2D eigenvalue weighted by atomic mass is 15.2. The molecule has 1 N–H and O–H groups in total. The Bertz CT molecular complexity index is 157. The Hall–Kier alpha value is -0.0800. The van der Waals surface area contributed by atoms with E-state index in [9.17, 15) is 0 Å². The van der Waals surface area contributed by atoms with Crippen LogP contribution in [0.25, 0.3) is 0 Å². The van der Waals surface area contributed by atoms with Crippen molar-refractivity contribution in [3.8, 4) is 0 Å². The van der Waals surface area contributed by atoms with Crippen LogP contribution in [-0.4, -0.2) is 36.6 Å². The van der Waals surface area contributed by atoms with Crippen molar-refractivity contribution >= 4 is 0 Å². The van der Waals surface area contributed by atoms with Crippen LogP contribution in [0.4, 0.5) is 0 Å². The van der Waals surface area contributed by atoms with Gasteiger partial charge in [-0.25, -0.2) is 0 Å². The van der Waals surface area contributed by atoms with Crippen LogP contribution in [0.2, 0.25) is 0 Å². The minimum absolute atomic E-state index is 0.642. The van der Waals surface area contributed by atoms with Gasteiger partial charge in [-0.3, -0.25) is 0 Å². The molecule has 0 aromatic heterocycles. The molecule has 1 aliphatic heterocycles. The number of hydrogen-bond donors (Lipinski definition) is 1. The van der Waals surface area contributed by atoms with Crippen LogP contribution in [0.1, 0.15) is 52.9 Å². The quantitative estimate of drug-likeness (QED) is 0.653. The molecule has 0 spiro atoms. The third-order valence-corrected chi connectivity index (χ3v) is 3.37. The Morgan fingerprint density at radius 1 is 1.27 bits per heavy atom. The maximum Gasteiger partial charge on any atom is 0.00674 e. The van der Waals surface area contributed by atoms with Crippen molar-refractivity contribution in [1.29, 1.82) is 0 Å². The van der Waals surface area contributed by atoms with E-state index in [0.717, 1.165) is 6.04 Å². The average molecular weight is 212 g/mol. The molecule has 1 rings (SSSR count). The molecule has 0 saturated carbocycles. The Morgan fingerprint density at radius 3 is 2.67 bits per heavy atom. The third kappa shape index (κ3) is 5.53. The van der Waals surface area contributed by atoms with Crippen LogP contribution in [-0.2, 0) is 0 Å². The molecule has 1 aliphatic rings. The van der Waals surface area contributed by atoms with Crippen molar-refractivity contribution in [2.45, 2.75) is 65.0 Å². The number of hydrogen-bond acceptors (Lipinski definition) is 2. The third-order valence-electron chi connectivity index (χ3n) is 3.37. The van der Waals surface area contributed by atoms with Gasteiger partial charge in [0.25, 0.3) is 0 Å². The number of nitrogens with one attached hydrogen (secondary N) is 1. The molecular weight excluding hydrogens is 184 g/mol. The second-order valence-electron chi connectivity index (χ2n) is 5.20. The molecule has 0 aromatic carbocycles. The number of likely N-dealkylation sites (tertiary alicyclic amines) is 1. The molecule has 15 heavy (non-hydrogen) atoms. The van der Waals surface area contributed by atoms with E-state index in [1.165, 1.54) is 51.7 Å². The molecular formula is C13H28N2. The fourth-order valence-electron chi connectivity index (χ4n) is 2.33. The molecule has 1 unspecified atom stereocenters. The van der Waals surface area contributed by atoms with Gasteiger partial charge in [-0.1, -0.05) is 20.3 Å². The van der Waals surface area contributed by atoms with Gasteiger partial charge in [0.2, 0.25) is 0 Å². The van der Waals surface area contributed by atoms with E-state index >= 15 is 0 Å². The average Bonchev–Trinajstić information content (AvgIpc) is 2.57. The van der Waals surface area contributed by atoms with E-state index in [0.29, 0.717) is 6.04 Å². The molecule has 1 heterocycles. The molecule has 90 valence electrons. The summed E-state index contributed by atoms with van der Waals surface area (Å²) >= 11 is 0. The monoisotopic (exact) mass is 212 g/mol. The van der Waals surface area contributed by atoms with Gasteiger partial charge in [-0.15, -0.1) is 0 Å². The second-order valence-corrected chi connectivity index (χ2v) is 5.20. The predicted octanol–water partition coefficient (Wildman–Crippen LogP) is 2.64. The highest BCUT2D eigenvalue weighted by molar-refractivity contribution is 4.74. The molecule has 0 aliphatic carbocycles. The fraction of sp³-hybridized carbons (Fsp3) is 1.00. The lowest BCUT2D eigenvalue weighted by molar-refractivity contribution is 0.262. The lowest BCUT2D eigenvalue weighted by atomic mass is 10.2. The van der Waals surface area contributed by atoms with Gasteiger partial charge in [-0.05, 0) is 52.2 Å². The van der Waals surface area contributed by atoms with Crippen molar-refractivity contribution in [3.63, 3.8) is 0 Å². The summed E-state index contributed by atoms with van der Waals surface area (Å²) in [5.41, 5.74) is 0. The van der Waals surface area contributed by atoms with Gasteiger partial charge in [0.05, 0.1) is 0 Å². The highest BCUT2D eigenvalue weighted by Gasteiger charge is 2.18. The summed E-state index contributed by atoms with van der Waals surface area (Å²) in [4.78, 5) is 2.65. The normalized spacial score (nSPS) is 22.8. The summed E-state index contributed by atoms with van der Waals surface area (Å²) < 4.78 is 0. The van der Waals surface area contributed by atoms with Crippen molar-refractivity contribution in [3.05, 3.63) is 0 Å². The maximum atomic E-state index is 3.47. The first-order valence-electron chi connectivity index (χ1n) is 6.67. The maximum absolute atomic E-state index is 3.47. The molecule has 0 radical (unpaired) electrons. The van der Waals surface area contributed by atoms with Gasteiger partial charge in [0, 0.05) is 12.1 Å². The summed E-state index contributed by atoms with van der Waals surface area (Å²) in [6.07, 6.45) is 6.92. The van der Waals surface area contributed by atoms with E-state index in [4.69, 9.17) is 0 Å². The first kappa shape index (κ1) is 13.0. The minimum atomic E-state index is 0.642. The molecule has 0 amide bonds. The van der Waals surface area contributed by atoms with Crippen molar-refractivity contribution < 1.29 is 0 Å². The minimum Gasteiger partial charge on any atom is -0.315 e. The molecule has 1 fully saturated rings. The van der Waals surface area contributed by atoms with Crippen LogP contribution in [0.3, 0.4) is 0 Å². The summed E-state index contributed by atoms with van der Waals surface area (Å²) in [6.45, 7) is 10.6. The van der Waals surface area contributed by atoms with Crippen LogP contribution in [0.15, 0.2) is 0 Å². The summed E-state index contributed by atoms with van der Waals surface area (Å²) in [6, 6.07) is 1.49. The highest BCUT2D eigenvalue weighted by Crippen LogP contribution is 2.16. The zero-order valence-corrected chi connectivity index (χ0v) is 10.8. The zero-order valence-electron chi connectivity index (χ0n) is 10.8. The number of nitrogens with zero attached hydrogens (tertiary/aromatic N) is 1. The fourth-order valence-corrected chi connectivity index (χ4v) is 2.33. The Labute approximate surface area is 95.4 Å². The number of unbranched alkanes of at least 4 members (excludes halogenated alkanes) is 2. The van der Waals surface area contributed by atoms with Gasteiger partial charge in [0.1, 0.15) is 0 Å². The second kappa shape index (κ2) is 7.24. The first-order valence-corrected chi connectivity index (χ1v) is 6.67. The topological polar surface area (TPSA) is 15.3 Å². The van der Waals surface area contributed by atoms with Crippen LogP contribution < -0.4 is 5.32 Å².